The summed E-state index contributed by atoms with van der Waals surface area (Å²) < 4.78 is 6.94. The van der Waals surface area contributed by atoms with Gasteiger partial charge in [-0.25, -0.2) is 4.98 Å². The lowest BCUT2D eigenvalue weighted by molar-refractivity contribution is 0.421. The molecule has 16 heavy (non-hydrogen) atoms. The van der Waals surface area contributed by atoms with Crippen LogP contribution in [0.5, 0.6) is 11.9 Å². The van der Waals surface area contributed by atoms with E-state index in [-0.39, 0.29) is 12.1 Å². The minimum Gasteiger partial charge on any atom is -0.404 e. The van der Waals surface area contributed by atoms with Crippen molar-refractivity contribution in [1.29, 1.82) is 0 Å². The van der Waals surface area contributed by atoms with E-state index in [4.69, 9.17) is 10.5 Å². The third-order valence-electron chi connectivity index (χ3n) is 2.06. The molecule has 0 aliphatic carbocycles. The van der Waals surface area contributed by atoms with Gasteiger partial charge in [0.2, 0.25) is 5.88 Å². The molecule has 0 spiro atoms. The van der Waals surface area contributed by atoms with Crippen LogP contribution in [0.2, 0.25) is 0 Å². The van der Waals surface area contributed by atoms with Crippen LogP contribution in [-0.4, -0.2) is 19.7 Å². The minimum absolute atomic E-state index is 0.0537. The number of nitrogens with two attached hydrogens (primary N) is 1. The fourth-order valence-electron chi connectivity index (χ4n) is 1.22. The van der Waals surface area contributed by atoms with E-state index < -0.39 is 0 Å². The van der Waals surface area contributed by atoms with Crippen LogP contribution in [0.3, 0.4) is 0 Å². The number of hydrogen-bond donors (Lipinski definition) is 1. The largest absolute Gasteiger partial charge is 0.404 e. The number of hydrogen-bond acceptors (Lipinski definition) is 5. The van der Waals surface area contributed by atoms with Gasteiger partial charge in [0, 0.05) is 25.4 Å². The van der Waals surface area contributed by atoms with Crippen molar-refractivity contribution >= 4 is 0 Å². The molecule has 0 saturated carbocycles. The summed E-state index contributed by atoms with van der Waals surface area (Å²) in [7, 11) is 1.77. The summed E-state index contributed by atoms with van der Waals surface area (Å²) in [5.41, 5.74) is 6.72. The lowest BCUT2D eigenvalue weighted by Gasteiger charge is -2.06. The third-order valence-corrected chi connectivity index (χ3v) is 2.06. The van der Waals surface area contributed by atoms with Gasteiger partial charge >= 0.3 is 6.01 Å². The van der Waals surface area contributed by atoms with E-state index in [1.807, 2.05) is 13.0 Å². The molecule has 2 heterocycles. The highest BCUT2D eigenvalue weighted by Gasteiger charge is 2.05. The van der Waals surface area contributed by atoms with Crippen LogP contribution in [0.15, 0.2) is 24.7 Å². The molecule has 2 rings (SSSR count). The van der Waals surface area contributed by atoms with Gasteiger partial charge in [-0.2, -0.15) is 4.98 Å². The van der Waals surface area contributed by atoms with Crippen LogP contribution in [-0.2, 0) is 7.05 Å². The molecule has 0 bridgehead atoms. The number of nitrogens with zero attached hydrogens (tertiary/aromatic N) is 4. The lowest BCUT2D eigenvalue weighted by atomic mass is 10.1. The summed E-state index contributed by atoms with van der Waals surface area (Å²) in [6.45, 7) is 1.90. The average molecular weight is 219 g/mol. The molecule has 0 aliphatic rings. The monoisotopic (exact) mass is 219 g/mol. The Hall–Kier alpha value is -1.95. The van der Waals surface area contributed by atoms with E-state index in [1.165, 1.54) is 0 Å². The van der Waals surface area contributed by atoms with Crippen molar-refractivity contribution in [3.8, 4) is 11.9 Å². The maximum atomic E-state index is 5.76. The Morgan fingerprint density at radius 2 is 2.25 bits per heavy atom. The maximum Gasteiger partial charge on any atom is 0.342 e. The van der Waals surface area contributed by atoms with Gasteiger partial charge in [-0.05, 0) is 18.6 Å². The molecule has 0 amide bonds. The van der Waals surface area contributed by atoms with Crippen molar-refractivity contribution in [3.63, 3.8) is 0 Å². The Labute approximate surface area is 93.1 Å². The van der Waals surface area contributed by atoms with Crippen LogP contribution in [0.25, 0.3) is 0 Å². The molecule has 0 aromatic carbocycles. The zero-order valence-electron chi connectivity index (χ0n) is 9.16. The molecule has 2 N–H and O–H groups in total. The molecule has 0 fully saturated rings. The quantitative estimate of drug-likeness (QED) is 0.833. The van der Waals surface area contributed by atoms with Gasteiger partial charge in [-0.1, -0.05) is 0 Å². The predicted octanol–water partition coefficient (Wildman–Crippen LogP) is 1.02. The Kier molecular flexibility index (Phi) is 2.82. The number of aromatic nitrogens is 4. The summed E-state index contributed by atoms with van der Waals surface area (Å²) in [4.78, 5) is 8.00. The standard InChI is InChI=1S/C10H13N5O/c1-7(11)8-3-4-12-9(5-8)16-10-13-6-15(2)14-10/h3-7H,11H2,1-2H3/t7-/m0/s1. The average Bonchev–Trinajstić information content (AvgIpc) is 2.64. The fraction of sp³-hybridized carbons (Fsp3) is 0.300. The first kappa shape index (κ1) is 10.6. The topological polar surface area (TPSA) is 78.9 Å². The van der Waals surface area contributed by atoms with Crippen LogP contribution in [0, 0.1) is 0 Å². The molecule has 0 radical (unpaired) electrons. The van der Waals surface area contributed by atoms with Crippen molar-refractivity contribution in [2.24, 2.45) is 12.8 Å². The predicted molar refractivity (Wildman–Crippen MR) is 57.9 cm³/mol. The number of rotatable bonds is 3. The van der Waals surface area contributed by atoms with Crippen molar-refractivity contribution in [1.82, 2.24) is 19.7 Å². The van der Waals surface area contributed by atoms with Crippen LogP contribution >= 0.6 is 0 Å². The normalized spacial score (nSPS) is 12.4. The highest BCUT2D eigenvalue weighted by Crippen LogP contribution is 2.18. The second-order valence-electron chi connectivity index (χ2n) is 3.52. The smallest absolute Gasteiger partial charge is 0.342 e. The van der Waals surface area contributed by atoms with E-state index in [0.29, 0.717) is 5.88 Å². The van der Waals surface area contributed by atoms with Gasteiger partial charge in [0.05, 0.1) is 0 Å². The van der Waals surface area contributed by atoms with Crippen LogP contribution in [0.4, 0.5) is 0 Å². The third kappa shape index (κ3) is 2.34. The van der Waals surface area contributed by atoms with Gasteiger partial charge in [0.25, 0.3) is 0 Å². The molecular weight excluding hydrogens is 206 g/mol. The molecule has 6 nitrogen and oxygen atoms in total. The zero-order valence-corrected chi connectivity index (χ0v) is 9.16. The van der Waals surface area contributed by atoms with Gasteiger partial charge in [-0.3, -0.25) is 4.68 Å². The molecule has 84 valence electrons. The molecule has 2 aromatic rings. The van der Waals surface area contributed by atoms with E-state index in [2.05, 4.69) is 15.1 Å². The summed E-state index contributed by atoms with van der Waals surface area (Å²) >= 11 is 0. The first-order chi connectivity index (χ1) is 7.65. The highest BCUT2D eigenvalue weighted by atomic mass is 16.5. The van der Waals surface area contributed by atoms with Crippen LogP contribution in [0.1, 0.15) is 18.5 Å². The van der Waals surface area contributed by atoms with E-state index in [0.717, 1.165) is 5.56 Å². The molecule has 0 aliphatic heterocycles. The molecule has 0 saturated heterocycles. The zero-order chi connectivity index (χ0) is 11.5. The number of aryl methyl sites for hydroxylation is 1. The highest BCUT2D eigenvalue weighted by molar-refractivity contribution is 5.24. The number of ether oxygens (including phenoxy) is 1. The van der Waals surface area contributed by atoms with Crippen molar-refractivity contribution in [3.05, 3.63) is 30.2 Å². The second-order valence-corrected chi connectivity index (χ2v) is 3.52. The van der Waals surface area contributed by atoms with E-state index in [9.17, 15) is 0 Å². The summed E-state index contributed by atoms with van der Waals surface area (Å²) in [5.74, 6) is 0.445. The second kappa shape index (κ2) is 4.28. The Morgan fingerprint density at radius 3 is 2.88 bits per heavy atom. The Morgan fingerprint density at radius 1 is 1.44 bits per heavy atom. The molecule has 1 atom stereocenters. The summed E-state index contributed by atoms with van der Waals surface area (Å²) in [6.07, 6.45) is 3.21. The first-order valence-electron chi connectivity index (χ1n) is 4.90. The lowest BCUT2D eigenvalue weighted by Crippen LogP contribution is -2.05. The Bertz CT molecular complexity index is 480. The molecular formula is C10H13N5O. The summed E-state index contributed by atoms with van der Waals surface area (Å²) in [5, 5.41) is 3.99. The van der Waals surface area contributed by atoms with E-state index in [1.54, 1.807) is 30.3 Å². The maximum absolute atomic E-state index is 5.76. The first-order valence-corrected chi connectivity index (χ1v) is 4.90. The molecule has 2 aromatic heterocycles. The van der Waals surface area contributed by atoms with Crippen molar-refractivity contribution in [2.75, 3.05) is 0 Å². The van der Waals surface area contributed by atoms with Gasteiger partial charge < -0.3 is 10.5 Å². The number of pyridine rings is 1. The van der Waals surface area contributed by atoms with Gasteiger partial charge in [0.15, 0.2) is 0 Å². The van der Waals surface area contributed by atoms with Gasteiger partial charge in [0.1, 0.15) is 6.33 Å². The van der Waals surface area contributed by atoms with Crippen LogP contribution < -0.4 is 10.5 Å². The Balaban J connectivity index is 2.18. The van der Waals surface area contributed by atoms with Crippen molar-refractivity contribution < 1.29 is 4.74 Å². The van der Waals surface area contributed by atoms with Gasteiger partial charge in [-0.15, -0.1) is 5.10 Å². The van der Waals surface area contributed by atoms with E-state index >= 15 is 0 Å². The summed E-state index contributed by atoms with van der Waals surface area (Å²) in [6, 6.07) is 3.85. The minimum atomic E-state index is -0.0537. The SMILES string of the molecule is C[C@H](N)c1ccnc(Oc2ncn(C)n2)c1. The van der Waals surface area contributed by atoms with Crippen molar-refractivity contribution in [2.45, 2.75) is 13.0 Å². The fourth-order valence-corrected chi connectivity index (χ4v) is 1.22. The molecule has 6 heteroatoms. The molecule has 0 unspecified atom stereocenters.